The van der Waals surface area contributed by atoms with E-state index in [0.29, 0.717) is 11.3 Å². The summed E-state index contributed by atoms with van der Waals surface area (Å²) in [6.45, 7) is 3.49. The first-order valence-corrected chi connectivity index (χ1v) is 4.63. The lowest BCUT2D eigenvalue weighted by Gasteiger charge is -2.12. The minimum Gasteiger partial charge on any atom is -0.508 e. The number of nitrogens with one attached hydrogen (secondary N) is 3. The Labute approximate surface area is 93.0 Å². The Morgan fingerprint density at radius 1 is 1.44 bits per heavy atom. The van der Waals surface area contributed by atoms with Crippen LogP contribution in [0.1, 0.15) is 11.1 Å². The molecule has 0 radical (unpaired) electrons. The molecule has 0 unspecified atom stereocenters. The maximum Gasteiger partial charge on any atom is 0.325 e. The number of carbonyl (C=O) groups excluding carboxylic acids is 1. The Balaban J connectivity index is 2.93. The van der Waals surface area contributed by atoms with E-state index in [9.17, 15) is 9.90 Å². The Bertz CT molecular complexity index is 443. The maximum atomic E-state index is 11.3. The van der Waals surface area contributed by atoms with Crippen LogP contribution >= 0.6 is 0 Å². The molecule has 6 nitrogen and oxygen atoms in total. The number of urea groups is 1. The molecule has 0 fully saturated rings. The van der Waals surface area contributed by atoms with Gasteiger partial charge < -0.3 is 16.2 Å². The van der Waals surface area contributed by atoms with Crippen molar-refractivity contribution >= 4 is 17.7 Å². The smallest absolute Gasteiger partial charge is 0.325 e. The number of phenolic OH excluding ortho intramolecular Hbond substituents is 1. The van der Waals surface area contributed by atoms with Crippen molar-refractivity contribution in [1.29, 1.82) is 5.41 Å². The monoisotopic (exact) mass is 222 g/mol. The molecule has 2 amide bonds. The van der Waals surface area contributed by atoms with Crippen molar-refractivity contribution in [2.24, 2.45) is 5.73 Å². The van der Waals surface area contributed by atoms with E-state index in [-0.39, 0.29) is 5.75 Å². The van der Waals surface area contributed by atoms with Crippen LogP contribution in [0.4, 0.5) is 10.5 Å². The zero-order chi connectivity index (χ0) is 12.3. The summed E-state index contributed by atoms with van der Waals surface area (Å²) < 4.78 is 0. The van der Waals surface area contributed by atoms with Gasteiger partial charge in [-0.15, -0.1) is 0 Å². The lowest BCUT2D eigenvalue weighted by Crippen LogP contribution is -2.38. The number of hydrogen-bond acceptors (Lipinski definition) is 3. The van der Waals surface area contributed by atoms with Crippen molar-refractivity contribution in [3.05, 3.63) is 23.3 Å². The van der Waals surface area contributed by atoms with Gasteiger partial charge in [-0.2, -0.15) is 0 Å². The van der Waals surface area contributed by atoms with Crippen molar-refractivity contribution in [2.75, 3.05) is 5.32 Å². The summed E-state index contributed by atoms with van der Waals surface area (Å²) in [7, 11) is 0. The summed E-state index contributed by atoms with van der Waals surface area (Å²) in [6, 6.07) is 2.63. The van der Waals surface area contributed by atoms with Crippen molar-refractivity contribution in [1.82, 2.24) is 5.32 Å². The summed E-state index contributed by atoms with van der Waals surface area (Å²) >= 11 is 0. The molecule has 86 valence electrons. The molecule has 0 saturated heterocycles. The summed E-state index contributed by atoms with van der Waals surface area (Å²) in [5, 5.41) is 21.0. The number of aryl methyl sites for hydroxylation is 1. The van der Waals surface area contributed by atoms with Crippen molar-refractivity contribution in [3.8, 4) is 5.75 Å². The van der Waals surface area contributed by atoms with E-state index in [4.69, 9.17) is 11.1 Å². The molecule has 0 atom stereocenters. The number of hydrogen-bond donors (Lipinski definition) is 5. The molecule has 0 aliphatic rings. The van der Waals surface area contributed by atoms with Gasteiger partial charge >= 0.3 is 6.03 Å². The Morgan fingerprint density at radius 2 is 2.06 bits per heavy atom. The van der Waals surface area contributed by atoms with E-state index in [1.165, 1.54) is 0 Å². The predicted octanol–water partition coefficient (Wildman–Crippen LogP) is 1.02. The van der Waals surface area contributed by atoms with Crippen molar-refractivity contribution in [3.63, 3.8) is 0 Å². The topological polar surface area (TPSA) is 111 Å². The van der Waals surface area contributed by atoms with Gasteiger partial charge in [0.25, 0.3) is 0 Å². The normalized spacial score (nSPS) is 9.62. The van der Waals surface area contributed by atoms with Gasteiger partial charge in [0.2, 0.25) is 0 Å². The van der Waals surface area contributed by atoms with Gasteiger partial charge in [0, 0.05) is 5.56 Å². The quantitative estimate of drug-likeness (QED) is 0.361. The molecule has 0 heterocycles. The highest BCUT2D eigenvalue weighted by molar-refractivity contribution is 6.01. The number of rotatable bonds is 1. The molecule has 0 aliphatic heterocycles. The highest BCUT2D eigenvalue weighted by Gasteiger charge is 2.10. The largest absolute Gasteiger partial charge is 0.508 e. The minimum absolute atomic E-state index is 0.101. The first-order chi connectivity index (χ1) is 7.41. The van der Waals surface area contributed by atoms with Crippen LogP contribution in [0.2, 0.25) is 0 Å². The summed E-state index contributed by atoms with van der Waals surface area (Å²) in [5.74, 6) is -0.336. The van der Waals surface area contributed by atoms with Gasteiger partial charge in [-0.1, -0.05) is 6.07 Å². The second-order valence-corrected chi connectivity index (χ2v) is 3.39. The fraction of sp³-hybridized carbons (Fsp3) is 0.200. The average molecular weight is 222 g/mol. The molecule has 1 rings (SSSR count). The molecule has 16 heavy (non-hydrogen) atoms. The van der Waals surface area contributed by atoms with Crippen LogP contribution in [0.3, 0.4) is 0 Å². The molecule has 1 aromatic carbocycles. The van der Waals surface area contributed by atoms with E-state index in [2.05, 4.69) is 10.6 Å². The van der Waals surface area contributed by atoms with Gasteiger partial charge in [0.15, 0.2) is 5.96 Å². The number of carbonyl (C=O) groups is 1. The van der Waals surface area contributed by atoms with Crippen LogP contribution in [0.15, 0.2) is 12.1 Å². The van der Waals surface area contributed by atoms with E-state index in [1.54, 1.807) is 26.0 Å². The highest BCUT2D eigenvalue weighted by Crippen LogP contribution is 2.27. The Hall–Kier alpha value is -2.24. The third-order valence-corrected chi connectivity index (χ3v) is 2.13. The zero-order valence-electron chi connectivity index (χ0n) is 9.09. The molecule has 1 aromatic rings. The molecular weight excluding hydrogens is 208 g/mol. The first-order valence-electron chi connectivity index (χ1n) is 4.63. The van der Waals surface area contributed by atoms with Crippen LogP contribution in [-0.2, 0) is 0 Å². The van der Waals surface area contributed by atoms with Crippen LogP contribution in [-0.4, -0.2) is 17.1 Å². The third-order valence-electron chi connectivity index (χ3n) is 2.13. The van der Waals surface area contributed by atoms with E-state index < -0.39 is 12.0 Å². The Morgan fingerprint density at radius 3 is 2.62 bits per heavy atom. The van der Waals surface area contributed by atoms with Crippen molar-refractivity contribution < 1.29 is 9.90 Å². The maximum absolute atomic E-state index is 11.3. The molecule has 0 saturated carbocycles. The van der Waals surface area contributed by atoms with Crippen LogP contribution < -0.4 is 16.4 Å². The van der Waals surface area contributed by atoms with E-state index in [1.807, 2.05) is 0 Å². The minimum atomic E-state index is -0.607. The first kappa shape index (κ1) is 11.8. The third kappa shape index (κ3) is 2.63. The summed E-state index contributed by atoms with van der Waals surface area (Å²) in [4.78, 5) is 11.3. The molecule has 6 heteroatoms. The molecule has 6 N–H and O–H groups in total. The molecule has 0 bridgehead atoms. The number of amides is 2. The second kappa shape index (κ2) is 4.52. The number of guanidine groups is 1. The highest BCUT2D eigenvalue weighted by atomic mass is 16.3. The summed E-state index contributed by atoms with van der Waals surface area (Å²) in [6.07, 6.45) is 0. The predicted molar refractivity (Wildman–Crippen MR) is 61.6 cm³/mol. The van der Waals surface area contributed by atoms with Gasteiger partial charge in [-0.05, 0) is 25.5 Å². The second-order valence-electron chi connectivity index (χ2n) is 3.39. The van der Waals surface area contributed by atoms with Gasteiger partial charge in [0.1, 0.15) is 5.75 Å². The van der Waals surface area contributed by atoms with Crippen molar-refractivity contribution in [2.45, 2.75) is 13.8 Å². The van der Waals surface area contributed by atoms with Gasteiger partial charge in [-0.25, -0.2) is 4.79 Å². The molecule has 0 aromatic heterocycles. The number of aromatic hydroxyl groups is 1. The number of nitrogens with two attached hydrogens (primary N) is 1. The number of phenols is 1. The standard InChI is InChI=1S/C10H14N4O2/c1-5-3-4-7(15)6(2)8(5)13-10(16)14-9(11)12/h3-4,15H,1-2H3,(H5,11,12,13,14,16). The average Bonchev–Trinajstić information content (AvgIpc) is 2.17. The molecule has 0 spiro atoms. The van der Waals surface area contributed by atoms with Gasteiger partial charge in [-0.3, -0.25) is 10.7 Å². The summed E-state index contributed by atoms with van der Waals surface area (Å²) in [5.41, 5.74) is 6.91. The van der Waals surface area contributed by atoms with Crippen LogP contribution in [0.5, 0.6) is 5.75 Å². The fourth-order valence-electron chi connectivity index (χ4n) is 1.30. The van der Waals surface area contributed by atoms with E-state index >= 15 is 0 Å². The lowest BCUT2D eigenvalue weighted by molar-refractivity contribution is 0.256. The van der Waals surface area contributed by atoms with Gasteiger partial charge in [0.05, 0.1) is 5.69 Å². The van der Waals surface area contributed by atoms with Crippen LogP contribution in [0.25, 0.3) is 0 Å². The van der Waals surface area contributed by atoms with E-state index in [0.717, 1.165) is 5.56 Å². The fourth-order valence-corrected chi connectivity index (χ4v) is 1.30. The molecule has 0 aliphatic carbocycles. The number of benzene rings is 1. The lowest BCUT2D eigenvalue weighted by atomic mass is 10.1. The van der Waals surface area contributed by atoms with Crippen LogP contribution in [0, 0.1) is 19.3 Å². The SMILES string of the molecule is Cc1ccc(O)c(C)c1NC(=O)NC(=N)N. The zero-order valence-corrected chi connectivity index (χ0v) is 9.09. The number of anilines is 1. The Kier molecular flexibility index (Phi) is 3.34. The molecular formula is C10H14N4O2.